The molecule has 0 aliphatic carbocycles. The minimum atomic E-state index is -0.252. The van der Waals surface area contributed by atoms with Gasteiger partial charge < -0.3 is 33.9 Å². The van der Waals surface area contributed by atoms with Crippen LogP contribution in [0.3, 0.4) is 0 Å². The third kappa shape index (κ3) is 7.17. The predicted octanol–water partition coefficient (Wildman–Crippen LogP) is 7.27. The van der Waals surface area contributed by atoms with Crippen LogP contribution in [0.4, 0.5) is 5.69 Å². The summed E-state index contributed by atoms with van der Waals surface area (Å²) in [6.07, 6.45) is 3.43. The Morgan fingerprint density at radius 2 is 1.50 bits per heavy atom. The molecule has 0 saturated carbocycles. The molecular weight excluding hydrogens is 602 g/mol. The van der Waals surface area contributed by atoms with Crippen LogP contribution in [0.15, 0.2) is 79.1 Å². The molecule has 250 valence electrons. The van der Waals surface area contributed by atoms with Crippen LogP contribution in [0, 0.1) is 19.8 Å². The number of nitrogens with one attached hydrogen (secondary N) is 1. The Balaban J connectivity index is 1.12. The molecule has 9 nitrogen and oxygen atoms in total. The molecule has 6 rings (SSSR count). The Kier molecular flexibility index (Phi) is 9.98. The Bertz CT molecular complexity index is 1850. The van der Waals surface area contributed by atoms with E-state index in [1.54, 1.807) is 50.9 Å². The normalized spacial score (nSPS) is 14.5. The zero-order valence-electron chi connectivity index (χ0n) is 28.7. The number of rotatable bonds is 11. The van der Waals surface area contributed by atoms with Gasteiger partial charge >= 0.3 is 0 Å². The maximum atomic E-state index is 13.2. The third-order valence-electron chi connectivity index (χ3n) is 9.36. The highest BCUT2D eigenvalue weighted by Crippen LogP contribution is 2.41. The van der Waals surface area contributed by atoms with Crippen molar-refractivity contribution < 1.29 is 19.0 Å². The molecule has 1 aliphatic rings. The van der Waals surface area contributed by atoms with Crippen molar-refractivity contribution in [2.45, 2.75) is 27.3 Å². The van der Waals surface area contributed by atoms with Gasteiger partial charge in [-0.3, -0.25) is 9.78 Å². The lowest BCUT2D eigenvalue weighted by atomic mass is 10.0. The van der Waals surface area contributed by atoms with Gasteiger partial charge in [-0.15, -0.1) is 0 Å². The fraction of sp³-hybridized carbons (Fsp3) is 0.333. The molecular formula is C39H45N5O4. The minimum Gasteiger partial charge on any atom is -0.496 e. The van der Waals surface area contributed by atoms with Crippen molar-refractivity contribution >= 4 is 22.5 Å². The van der Waals surface area contributed by atoms with Crippen LogP contribution >= 0.6 is 0 Å². The van der Waals surface area contributed by atoms with E-state index in [2.05, 4.69) is 64.6 Å². The highest BCUT2D eigenvalue weighted by atomic mass is 16.5. The molecule has 48 heavy (non-hydrogen) atoms. The van der Waals surface area contributed by atoms with Gasteiger partial charge in [0.1, 0.15) is 23.0 Å². The summed E-state index contributed by atoms with van der Waals surface area (Å²) in [4.78, 5) is 22.3. The number of aromatic nitrogens is 2. The number of anilines is 1. The van der Waals surface area contributed by atoms with Crippen molar-refractivity contribution in [2.24, 2.45) is 5.92 Å². The molecule has 1 aliphatic heterocycles. The molecule has 3 aromatic carbocycles. The average molecular weight is 648 g/mol. The number of methoxy groups -OCH3 is 2. The molecule has 1 fully saturated rings. The van der Waals surface area contributed by atoms with E-state index in [4.69, 9.17) is 14.2 Å². The number of hydrogen-bond acceptors (Lipinski definition) is 7. The zero-order valence-corrected chi connectivity index (χ0v) is 28.7. The van der Waals surface area contributed by atoms with Gasteiger partial charge in [-0.1, -0.05) is 6.92 Å². The third-order valence-corrected chi connectivity index (χ3v) is 9.36. The number of aryl methyl sites for hydroxylation is 1. The van der Waals surface area contributed by atoms with E-state index < -0.39 is 0 Å². The van der Waals surface area contributed by atoms with E-state index in [1.807, 2.05) is 30.3 Å². The highest BCUT2D eigenvalue weighted by molar-refractivity contribution is 6.05. The number of hydrogen-bond donors (Lipinski definition) is 1. The molecule has 1 amide bonds. The molecule has 1 N–H and O–H groups in total. The van der Waals surface area contributed by atoms with E-state index in [-0.39, 0.29) is 5.91 Å². The lowest BCUT2D eigenvalue weighted by molar-refractivity contribution is 0.102. The summed E-state index contributed by atoms with van der Waals surface area (Å²) < 4.78 is 20.0. The molecule has 0 radical (unpaired) electrons. The maximum Gasteiger partial charge on any atom is 0.255 e. The molecule has 2 aromatic heterocycles. The van der Waals surface area contributed by atoms with Crippen molar-refractivity contribution in [3.63, 3.8) is 0 Å². The van der Waals surface area contributed by atoms with Crippen molar-refractivity contribution in [1.29, 1.82) is 0 Å². The van der Waals surface area contributed by atoms with Crippen LogP contribution in [0.1, 0.15) is 28.5 Å². The second-order valence-electron chi connectivity index (χ2n) is 12.8. The molecule has 5 aromatic rings. The zero-order chi connectivity index (χ0) is 33.8. The Labute approximate surface area is 283 Å². The first-order valence-corrected chi connectivity index (χ1v) is 16.5. The molecule has 1 saturated heterocycles. The number of ether oxygens (including phenoxy) is 3. The van der Waals surface area contributed by atoms with Crippen molar-refractivity contribution in [2.75, 3.05) is 59.3 Å². The first kappa shape index (κ1) is 33.1. The molecule has 1 atom stereocenters. The molecule has 0 bridgehead atoms. The number of carbonyl (C=O) groups excluding carboxylic acids is 1. The van der Waals surface area contributed by atoms with Crippen LogP contribution < -0.4 is 19.5 Å². The van der Waals surface area contributed by atoms with Gasteiger partial charge in [0.2, 0.25) is 0 Å². The lowest BCUT2D eigenvalue weighted by Gasteiger charge is -2.34. The van der Waals surface area contributed by atoms with Gasteiger partial charge in [0, 0.05) is 91.6 Å². The van der Waals surface area contributed by atoms with Gasteiger partial charge in [-0.2, -0.15) is 0 Å². The Morgan fingerprint density at radius 3 is 2.15 bits per heavy atom. The fourth-order valence-corrected chi connectivity index (χ4v) is 6.57. The van der Waals surface area contributed by atoms with Gasteiger partial charge in [-0.05, 0) is 92.5 Å². The van der Waals surface area contributed by atoms with Gasteiger partial charge in [0.15, 0.2) is 0 Å². The first-order valence-electron chi connectivity index (χ1n) is 16.5. The largest absolute Gasteiger partial charge is 0.496 e. The summed E-state index contributed by atoms with van der Waals surface area (Å²) in [6, 6.07) is 20.8. The number of nitrogens with zero attached hydrogens (tertiary/aromatic N) is 4. The summed E-state index contributed by atoms with van der Waals surface area (Å²) in [5.74, 6) is 2.88. The molecule has 3 heterocycles. The number of pyridine rings is 1. The van der Waals surface area contributed by atoms with Crippen LogP contribution in [0.2, 0.25) is 0 Å². The number of likely N-dealkylation sites (N-methyl/N-ethyl adjacent to an activating group) is 1. The molecule has 1 unspecified atom stereocenters. The smallest absolute Gasteiger partial charge is 0.255 e. The lowest BCUT2D eigenvalue weighted by Crippen LogP contribution is -2.46. The van der Waals surface area contributed by atoms with E-state index in [9.17, 15) is 4.79 Å². The van der Waals surface area contributed by atoms with Crippen LogP contribution in [0.25, 0.3) is 22.0 Å². The first-order chi connectivity index (χ1) is 23.2. The minimum absolute atomic E-state index is 0.252. The monoisotopic (exact) mass is 647 g/mol. The molecule has 0 spiro atoms. The Morgan fingerprint density at radius 1 is 0.854 bits per heavy atom. The van der Waals surface area contributed by atoms with Gasteiger partial charge in [0.05, 0.1) is 19.8 Å². The van der Waals surface area contributed by atoms with Crippen molar-refractivity contribution in [3.8, 4) is 34.1 Å². The van der Waals surface area contributed by atoms with E-state index >= 15 is 0 Å². The quantitative estimate of drug-likeness (QED) is 0.162. The number of carbonyl (C=O) groups is 1. The standard InChI is InChI=1S/C39H45N5O4/c1-26(24-43-19-17-42(4)18-20-43)25-44-28(3)27(2)34-23-33(11-12-35(34)44)48-32-9-7-30(8-10-32)39(45)41-31-21-36(46-5)38(37(22-31)47-6)29-13-15-40-16-14-29/h7-16,21-23,26H,17-20,24-25H2,1-6H3,(H,41,45). The van der Waals surface area contributed by atoms with Crippen molar-refractivity contribution in [1.82, 2.24) is 19.4 Å². The maximum absolute atomic E-state index is 13.2. The summed E-state index contributed by atoms with van der Waals surface area (Å²) in [6.45, 7) is 13.4. The average Bonchev–Trinajstić information content (AvgIpc) is 3.33. The number of fused-ring (bicyclic) bond motifs is 1. The number of amides is 1. The highest BCUT2D eigenvalue weighted by Gasteiger charge is 2.20. The summed E-state index contributed by atoms with van der Waals surface area (Å²) in [5.41, 5.74) is 6.56. The number of benzene rings is 3. The Hall–Kier alpha value is -4.86. The van der Waals surface area contributed by atoms with Crippen LogP contribution in [-0.2, 0) is 6.54 Å². The summed E-state index contributed by atoms with van der Waals surface area (Å²) >= 11 is 0. The van der Waals surface area contributed by atoms with E-state index in [0.717, 1.165) is 56.1 Å². The fourth-order valence-electron chi connectivity index (χ4n) is 6.57. The van der Waals surface area contributed by atoms with Crippen molar-refractivity contribution in [3.05, 3.63) is 95.9 Å². The second-order valence-corrected chi connectivity index (χ2v) is 12.8. The summed E-state index contributed by atoms with van der Waals surface area (Å²) in [7, 11) is 5.39. The van der Waals surface area contributed by atoms with Crippen LogP contribution in [-0.4, -0.2) is 79.2 Å². The number of piperazine rings is 1. The second kappa shape index (κ2) is 14.5. The van der Waals surface area contributed by atoms with Gasteiger partial charge in [-0.25, -0.2) is 0 Å². The summed E-state index contributed by atoms with van der Waals surface area (Å²) in [5, 5.41) is 4.17. The van der Waals surface area contributed by atoms with Gasteiger partial charge in [0.25, 0.3) is 5.91 Å². The van der Waals surface area contributed by atoms with E-state index in [1.165, 1.54) is 22.2 Å². The molecule has 9 heteroatoms. The topological polar surface area (TPSA) is 81.1 Å². The predicted molar refractivity (Wildman–Crippen MR) is 192 cm³/mol. The SMILES string of the molecule is COc1cc(NC(=O)c2ccc(Oc3ccc4c(c3)c(C)c(C)n4CC(C)CN3CCN(C)CC3)cc2)cc(OC)c1-c1ccncc1. The van der Waals surface area contributed by atoms with E-state index in [0.29, 0.717) is 34.4 Å². The van der Waals surface area contributed by atoms with Crippen LogP contribution in [0.5, 0.6) is 23.0 Å².